The van der Waals surface area contributed by atoms with Gasteiger partial charge in [-0.2, -0.15) is 0 Å². The molecule has 1 aromatic heterocycles. The molecule has 0 bridgehead atoms. The highest BCUT2D eigenvalue weighted by Crippen LogP contribution is 2.18. The second-order valence-electron chi connectivity index (χ2n) is 5.50. The predicted octanol–water partition coefficient (Wildman–Crippen LogP) is 2.55. The van der Waals surface area contributed by atoms with Gasteiger partial charge in [-0.1, -0.05) is 12.1 Å². The normalized spacial score (nSPS) is 11.8. The van der Waals surface area contributed by atoms with Crippen LogP contribution in [0.1, 0.15) is 35.8 Å². The lowest BCUT2D eigenvalue weighted by atomic mass is 10.1. The lowest BCUT2D eigenvalue weighted by molar-refractivity contribution is 0.0940. The summed E-state index contributed by atoms with van der Waals surface area (Å²) in [5.74, 6) is 0.688. The van der Waals surface area contributed by atoms with E-state index >= 15 is 0 Å². The topological polar surface area (TPSA) is 81.9 Å². The zero-order valence-electron chi connectivity index (χ0n) is 14.1. The van der Waals surface area contributed by atoms with Crippen LogP contribution in [0, 0.1) is 0 Å². The van der Waals surface area contributed by atoms with E-state index in [4.69, 9.17) is 4.74 Å². The highest BCUT2D eigenvalue weighted by molar-refractivity contribution is 5.94. The van der Waals surface area contributed by atoms with E-state index in [1.807, 2.05) is 38.1 Å². The summed E-state index contributed by atoms with van der Waals surface area (Å²) in [6.45, 7) is 4.52. The van der Waals surface area contributed by atoms with Crippen LogP contribution in [0.2, 0.25) is 0 Å². The lowest BCUT2D eigenvalue weighted by Gasteiger charge is -2.15. The Kier molecular flexibility index (Phi) is 5.03. The van der Waals surface area contributed by atoms with Gasteiger partial charge in [-0.05, 0) is 66.2 Å². The molecule has 0 aliphatic heterocycles. The van der Waals surface area contributed by atoms with Gasteiger partial charge in [0, 0.05) is 5.56 Å². The summed E-state index contributed by atoms with van der Waals surface area (Å²) in [6.07, 6.45) is 1.50. The summed E-state index contributed by atoms with van der Waals surface area (Å²) < 4.78 is 6.96. The van der Waals surface area contributed by atoms with Gasteiger partial charge in [0.2, 0.25) is 0 Å². The Morgan fingerprint density at radius 1 is 1.16 bits per heavy atom. The number of carbonyl (C=O) groups excluding carboxylic acids is 1. The van der Waals surface area contributed by atoms with E-state index in [1.54, 1.807) is 24.3 Å². The molecule has 0 saturated heterocycles. The first kappa shape index (κ1) is 16.6. The summed E-state index contributed by atoms with van der Waals surface area (Å²) in [5.41, 5.74) is 2.39. The summed E-state index contributed by atoms with van der Waals surface area (Å²) in [6, 6.07) is 14.7. The first-order valence-electron chi connectivity index (χ1n) is 8.04. The van der Waals surface area contributed by atoms with Crippen LogP contribution in [0.25, 0.3) is 5.69 Å². The second kappa shape index (κ2) is 7.57. The number of amides is 1. The minimum Gasteiger partial charge on any atom is -0.494 e. The number of benzene rings is 2. The maximum atomic E-state index is 12.4. The summed E-state index contributed by atoms with van der Waals surface area (Å²) in [5, 5.41) is 14.0. The highest BCUT2D eigenvalue weighted by atomic mass is 16.5. The molecule has 0 aliphatic rings. The minimum absolute atomic E-state index is 0.109. The number of tetrazole rings is 1. The molecule has 0 saturated carbocycles. The smallest absolute Gasteiger partial charge is 0.251 e. The van der Waals surface area contributed by atoms with Crippen molar-refractivity contribution in [2.45, 2.75) is 19.9 Å². The fourth-order valence-electron chi connectivity index (χ4n) is 2.43. The molecule has 1 amide bonds. The van der Waals surface area contributed by atoms with Crippen molar-refractivity contribution in [2.75, 3.05) is 6.61 Å². The lowest BCUT2D eigenvalue weighted by Crippen LogP contribution is -2.26. The molecule has 3 aromatic rings. The number of nitrogens with one attached hydrogen (secondary N) is 1. The van der Waals surface area contributed by atoms with Crippen LogP contribution in [0.3, 0.4) is 0 Å². The quantitative estimate of drug-likeness (QED) is 0.747. The summed E-state index contributed by atoms with van der Waals surface area (Å²) in [7, 11) is 0. The molecule has 1 N–H and O–H groups in total. The fraction of sp³-hybridized carbons (Fsp3) is 0.222. The van der Waals surface area contributed by atoms with Gasteiger partial charge in [-0.25, -0.2) is 4.68 Å². The largest absolute Gasteiger partial charge is 0.494 e. The van der Waals surface area contributed by atoms with Gasteiger partial charge >= 0.3 is 0 Å². The van der Waals surface area contributed by atoms with Crippen molar-refractivity contribution in [1.82, 2.24) is 25.5 Å². The molecule has 7 heteroatoms. The zero-order chi connectivity index (χ0) is 17.6. The number of nitrogens with zero attached hydrogens (tertiary/aromatic N) is 4. The maximum Gasteiger partial charge on any atom is 0.251 e. The van der Waals surface area contributed by atoms with Crippen molar-refractivity contribution in [2.24, 2.45) is 0 Å². The molecule has 1 heterocycles. The van der Waals surface area contributed by atoms with Crippen molar-refractivity contribution in [3.63, 3.8) is 0 Å². The molecular weight excluding hydrogens is 318 g/mol. The molecule has 3 rings (SSSR count). The predicted molar refractivity (Wildman–Crippen MR) is 92.6 cm³/mol. The van der Waals surface area contributed by atoms with Crippen LogP contribution in [0.5, 0.6) is 5.75 Å². The van der Waals surface area contributed by atoms with Gasteiger partial charge in [0.25, 0.3) is 5.91 Å². The van der Waals surface area contributed by atoms with Gasteiger partial charge in [-0.15, -0.1) is 5.10 Å². The molecule has 25 heavy (non-hydrogen) atoms. The monoisotopic (exact) mass is 337 g/mol. The molecular formula is C18H19N5O2. The van der Waals surface area contributed by atoms with Crippen molar-refractivity contribution in [3.05, 3.63) is 66.0 Å². The van der Waals surface area contributed by atoms with Gasteiger partial charge < -0.3 is 10.1 Å². The Morgan fingerprint density at radius 2 is 1.88 bits per heavy atom. The average Bonchev–Trinajstić information content (AvgIpc) is 3.17. The van der Waals surface area contributed by atoms with E-state index in [2.05, 4.69) is 20.8 Å². The Bertz CT molecular complexity index is 814. The van der Waals surface area contributed by atoms with Gasteiger partial charge in [0.1, 0.15) is 12.1 Å². The first-order valence-corrected chi connectivity index (χ1v) is 8.04. The number of carbonyl (C=O) groups is 1. The van der Waals surface area contributed by atoms with E-state index < -0.39 is 0 Å². The second-order valence-corrected chi connectivity index (χ2v) is 5.50. The van der Waals surface area contributed by atoms with E-state index in [-0.39, 0.29) is 11.9 Å². The van der Waals surface area contributed by atoms with Gasteiger partial charge in [0.15, 0.2) is 0 Å². The van der Waals surface area contributed by atoms with Gasteiger partial charge in [-0.3, -0.25) is 4.79 Å². The minimum atomic E-state index is -0.135. The SMILES string of the molecule is CCOc1ccc([C@@H](C)NC(=O)c2ccc(-n3cnnn3)cc2)cc1. The molecule has 0 fully saturated rings. The van der Waals surface area contributed by atoms with Crippen LogP contribution >= 0.6 is 0 Å². The zero-order valence-corrected chi connectivity index (χ0v) is 14.1. The van der Waals surface area contributed by atoms with E-state index in [0.29, 0.717) is 12.2 Å². The van der Waals surface area contributed by atoms with Crippen molar-refractivity contribution < 1.29 is 9.53 Å². The van der Waals surface area contributed by atoms with Crippen molar-refractivity contribution in [1.29, 1.82) is 0 Å². The van der Waals surface area contributed by atoms with Crippen molar-refractivity contribution >= 4 is 5.91 Å². The number of aromatic nitrogens is 4. The van der Waals surface area contributed by atoms with Crippen LogP contribution in [-0.2, 0) is 0 Å². The molecule has 2 aromatic carbocycles. The molecule has 0 unspecified atom stereocenters. The Balaban J connectivity index is 1.64. The molecule has 1 atom stereocenters. The van der Waals surface area contributed by atoms with E-state index in [1.165, 1.54) is 11.0 Å². The Hall–Kier alpha value is -3.22. The number of rotatable bonds is 6. The third kappa shape index (κ3) is 4.00. The van der Waals surface area contributed by atoms with Crippen LogP contribution in [-0.4, -0.2) is 32.7 Å². The number of hydrogen-bond acceptors (Lipinski definition) is 5. The van der Waals surface area contributed by atoms with Crippen LogP contribution in [0.15, 0.2) is 54.9 Å². The standard InChI is InChI=1S/C18H19N5O2/c1-3-25-17-10-6-14(7-11-17)13(2)20-18(24)15-4-8-16(9-5-15)23-12-19-21-22-23/h4-13H,3H2,1-2H3,(H,20,24)/t13-/m1/s1. The molecule has 128 valence electrons. The fourth-order valence-corrected chi connectivity index (χ4v) is 2.43. The van der Waals surface area contributed by atoms with Gasteiger partial charge in [0.05, 0.1) is 18.3 Å². The highest BCUT2D eigenvalue weighted by Gasteiger charge is 2.12. The van der Waals surface area contributed by atoms with E-state index in [9.17, 15) is 4.79 Å². The summed E-state index contributed by atoms with van der Waals surface area (Å²) >= 11 is 0. The first-order chi connectivity index (χ1) is 12.2. The van der Waals surface area contributed by atoms with Crippen LogP contribution < -0.4 is 10.1 Å². The third-order valence-electron chi connectivity index (χ3n) is 3.78. The van der Waals surface area contributed by atoms with Crippen LogP contribution in [0.4, 0.5) is 0 Å². The maximum absolute atomic E-state index is 12.4. The molecule has 0 aliphatic carbocycles. The molecule has 7 nitrogen and oxygen atoms in total. The number of ether oxygens (including phenoxy) is 1. The van der Waals surface area contributed by atoms with Crippen molar-refractivity contribution in [3.8, 4) is 11.4 Å². The molecule has 0 radical (unpaired) electrons. The average molecular weight is 337 g/mol. The number of hydrogen-bond donors (Lipinski definition) is 1. The van der Waals surface area contributed by atoms with E-state index in [0.717, 1.165) is 17.0 Å². The molecule has 0 spiro atoms. The summed E-state index contributed by atoms with van der Waals surface area (Å²) in [4.78, 5) is 12.4. The Labute approximate surface area is 145 Å². The third-order valence-corrected chi connectivity index (χ3v) is 3.78. The Morgan fingerprint density at radius 3 is 2.48 bits per heavy atom.